The predicted octanol–water partition coefficient (Wildman–Crippen LogP) is 2.70. The van der Waals surface area contributed by atoms with Crippen LogP contribution in [0.5, 0.6) is 0 Å². The second kappa shape index (κ2) is 9.59. The number of carbonyl (C=O) groups excluding carboxylic acids is 1. The summed E-state index contributed by atoms with van der Waals surface area (Å²) in [4.78, 5) is 17.2. The number of halogens is 2. The molecule has 0 saturated carbocycles. The van der Waals surface area contributed by atoms with Crippen LogP contribution >= 0.6 is 24.8 Å². The monoisotopic (exact) mass is 418 g/mol. The topological polar surface area (TPSA) is 61.6 Å². The lowest BCUT2D eigenvalue weighted by molar-refractivity contribution is -0.134. The van der Waals surface area contributed by atoms with Gasteiger partial charge in [0, 0.05) is 56.8 Å². The molecule has 2 unspecified atom stereocenters. The number of rotatable bonds is 4. The summed E-state index contributed by atoms with van der Waals surface area (Å²) in [5.41, 5.74) is 2.18. The molecular weight excluding hydrogens is 387 g/mol. The van der Waals surface area contributed by atoms with Crippen LogP contribution in [0.4, 0.5) is 0 Å². The Balaban J connectivity index is 0.00000131. The molecule has 3 fully saturated rings. The van der Waals surface area contributed by atoms with E-state index in [2.05, 4.69) is 20.3 Å². The standard InChI is InChI=1S/C19H30N4O2.2ClH/c1-13-18(14(2)25-21-13)12-22-5-7-23(8-6-22)19(24)11-15-9-16-3-4-17(10-15)20-16;;/h15-17,20H,3-12H2,1-2H3;2*1H. The number of aryl methyl sites for hydroxylation is 2. The van der Waals surface area contributed by atoms with Crippen molar-refractivity contribution < 1.29 is 9.32 Å². The minimum absolute atomic E-state index is 0. The molecule has 4 rings (SSSR count). The molecule has 2 bridgehead atoms. The smallest absolute Gasteiger partial charge is 0.222 e. The van der Waals surface area contributed by atoms with Gasteiger partial charge in [-0.2, -0.15) is 0 Å². The third-order valence-corrected chi connectivity index (χ3v) is 6.32. The van der Waals surface area contributed by atoms with Gasteiger partial charge in [0.25, 0.3) is 0 Å². The summed E-state index contributed by atoms with van der Waals surface area (Å²) in [7, 11) is 0. The molecule has 4 heterocycles. The van der Waals surface area contributed by atoms with E-state index in [1.165, 1.54) is 31.2 Å². The summed E-state index contributed by atoms with van der Waals surface area (Å²) >= 11 is 0. The van der Waals surface area contributed by atoms with Crippen molar-refractivity contribution in [1.29, 1.82) is 0 Å². The molecule has 27 heavy (non-hydrogen) atoms. The first-order valence-corrected chi connectivity index (χ1v) is 9.76. The molecule has 2 atom stereocenters. The van der Waals surface area contributed by atoms with Crippen molar-refractivity contribution in [2.24, 2.45) is 5.92 Å². The second-order valence-corrected chi connectivity index (χ2v) is 8.14. The van der Waals surface area contributed by atoms with Crippen molar-refractivity contribution in [2.45, 2.75) is 64.6 Å². The fraction of sp³-hybridized carbons (Fsp3) is 0.789. The molecule has 154 valence electrons. The largest absolute Gasteiger partial charge is 0.361 e. The highest BCUT2D eigenvalue weighted by atomic mass is 35.5. The molecule has 6 nitrogen and oxygen atoms in total. The lowest BCUT2D eigenvalue weighted by atomic mass is 9.89. The number of aromatic nitrogens is 1. The van der Waals surface area contributed by atoms with E-state index in [4.69, 9.17) is 4.52 Å². The third kappa shape index (κ3) is 5.17. The van der Waals surface area contributed by atoms with Gasteiger partial charge in [0.15, 0.2) is 0 Å². The van der Waals surface area contributed by atoms with Gasteiger partial charge in [-0.25, -0.2) is 0 Å². The highest BCUT2D eigenvalue weighted by Gasteiger charge is 2.35. The fourth-order valence-corrected chi connectivity index (χ4v) is 4.82. The highest BCUT2D eigenvalue weighted by molar-refractivity contribution is 5.85. The van der Waals surface area contributed by atoms with Gasteiger partial charge in [0.2, 0.25) is 5.91 Å². The minimum Gasteiger partial charge on any atom is -0.361 e. The van der Waals surface area contributed by atoms with E-state index in [0.29, 0.717) is 23.9 Å². The molecule has 0 aliphatic carbocycles. The van der Waals surface area contributed by atoms with Crippen molar-refractivity contribution in [2.75, 3.05) is 26.2 Å². The van der Waals surface area contributed by atoms with Gasteiger partial charge in [-0.15, -0.1) is 24.8 Å². The number of hydrogen-bond acceptors (Lipinski definition) is 5. The number of nitrogens with one attached hydrogen (secondary N) is 1. The van der Waals surface area contributed by atoms with E-state index in [-0.39, 0.29) is 24.8 Å². The van der Waals surface area contributed by atoms with Gasteiger partial charge < -0.3 is 14.7 Å². The van der Waals surface area contributed by atoms with Gasteiger partial charge in [0.1, 0.15) is 5.76 Å². The summed E-state index contributed by atoms with van der Waals surface area (Å²) in [5.74, 6) is 1.87. The third-order valence-electron chi connectivity index (χ3n) is 6.32. The van der Waals surface area contributed by atoms with E-state index >= 15 is 0 Å². The lowest BCUT2D eigenvalue weighted by Crippen LogP contribution is -2.49. The first-order valence-electron chi connectivity index (χ1n) is 9.76. The Hall–Kier alpha value is -0.820. The van der Waals surface area contributed by atoms with Gasteiger partial charge in [-0.1, -0.05) is 5.16 Å². The van der Waals surface area contributed by atoms with Crippen molar-refractivity contribution >= 4 is 30.7 Å². The summed E-state index contributed by atoms with van der Waals surface area (Å²) in [6, 6.07) is 1.34. The Kier molecular flexibility index (Phi) is 7.98. The Morgan fingerprint density at radius 1 is 1.11 bits per heavy atom. The molecule has 0 aromatic carbocycles. The maximum Gasteiger partial charge on any atom is 0.222 e. The van der Waals surface area contributed by atoms with Crippen LogP contribution in [0, 0.1) is 19.8 Å². The number of carbonyl (C=O) groups is 1. The van der Waals surface area contributed by atoms with Gasteiger partial charge in [-0.05, 0) is 45.4 Å². The number of piperazine rings is 1. The fourth-order valence-electron chi connectivity index (χ4n) is 4.82. The van der Waals surface area contributed by atoms with Gasteiger partial charge >= 0.3 is 0 Å². The molecular formula is C19H32Cl2N4O2. The normalized spacial score (nSPS) is 27.8. The number of amides is 1. The van der Waals surface area contributed by atoms with Crippen LogP contribution in [0.3, 0.4) is 0 Å². The van der Waals surface area contributed by atoms with Crippen LogP contribution in [0.25, 0.3) is 0 Å². The van der Waals surface area contributed by atoms with Crippen LogP contribution in [-0.4, -0.2) is 59.1 Å². The van der Waals surface area contributed by atoms with Crippen LogP contribution in [0.2, 0.25) is 0 Å². The average Bonchev–Trinajstić information content (AvgIpc) is 3.11. The number of hydrogen-bond donors (Lipinski definition) is 1. The highest BCUT2D eigenvalue weighted by Crippen LogP contribution is 2.33. The predicted molar refractivity (Wildman–Crippen MR) is 110 cm³/mol. The zero-order valence-electron chi connectivity index (χ0n) is 16.3. The zero-order chi connectivity index (χ0) is 17.4. The quantitative estimate of drug-likeness (QED) is 0.813. The lowest BCUT2D eigenvalue weighted by Gasteiger charge is -2.36. The molecule has 3 saturated heterocycles. The summed E-state index contributed by atoms with van der Waals surface area (Å²) in [6.45, 7) is 8.42. The minimum atomic E-state index is 0. The first kappa shape index (κ1) is 22.5. The van der Waals surface area contributed by atoms with E-state index in [1.54, 1.807) is 0 Å². The molecule has 1 N–H and O–H groups in total. The molecule has 1 aromatic rings. The zero-order valence-corrected chi connectivity index (χ0v) is 17.9. The molecule has 3 aliphatic heterocycles. The average molecular weight is 419 g/mol. The first-order chi connectivity index (χ1) is 12.1. The maximum atomic E-state index is 12.7. The summed E-state index contributed by atoms with van der Waals surface area (Å²) in [5, 5.41) is 7.70. The second-order valence-electron chi connectivity index (χ2n) is 8.14. The van der Waals surface area contributed by atoms with E-state index in [0.717, 1.165) is 50.6 Å². The van der Waals surface area contributed by atoms with Crippen molar-refractivity contribution in [3.05, 3.63) is 17.0 Å². The molecule has 0 spiro atoms. The number of piperidine rings is 1. The Labute approximate surface area is 174 Å². The molecule has 0 radical (unpaired) electrons. The Morgan fingerprint density at radius 2 is 1.74 bits per heavy atom. The van der Waals surface area contributed by atoms with Crippen molar-refractivity contribution in [1.82, 2.24) is 20.3 Å². The van der Waals surface area contributed by atoms with Crippen LogP contribution < -0.4 is 5.32 Å². The molecule has 3 aliphatic rings. The Bertz CT molecular complexity index is 600. The van der Waals surface area contributed by atoms with Gasteiger partial charge in [-0.3, -0.25) is 9.69 Å². The molecule has 1 amide bonds. The maximum absolute atomic E-state index is 12.7. The summed E-state index contributed by atoms with van der Waals surface area (Å²) < 4.78 is 5.26. The van der Waals surface area contributed by atoms with E-state index < -0.39 is 0 Å². The molecule has 1 aromatic heterocycles. The number of fused-ring (bicyclic) bond motifs is 2. The van der Waals surface area contributed by atoms with Crippen molar-refractivity contribution in [3.63, 3.8) is 0 Å². The molecule has 8 heteroatoms. The van der Waals surface area contributed by atoms with Gasteiger partial charge in [0.05, 0.1) is 5.69 Å². The van der Waals surface area contributed by atoms with Crippen molar-refractivity contribution in [3.8, 4) is 0 Å². The van der Waals surface area contributed by atoms with E-state index in [1.807, 2.05) is 13.8 Å². The van der Waals surface area contributed by atoms with Crippen LogP contribution in [-0.2, 0) is 11.3 Å². The van der Waals surface area contributed by atoms with Crippen LogP contribution in [0.1, 0.15) is 49.1 Å². The van der Waals surface area contributed by atoms with E-state index in [9.17, 15) is 4.79 Å². The Morgan fingerprint density at radius 3 is 2.30 bits per heavy atom. The van der Waals surface area contributed by atoms with Crippen LogP contribution in [0.15, 0.2) is 4.52 Å². The number of nitrogens with zero attached hydrogens (tertiary/aromatic N) is 3. The summed E-state index contributed by atoms with van der Waals surface area (Å²) in [6.07, 6.45) is 5.73. The SMILES string of the molecule is Cc1noc(C)c1CN1CCN(C(=O)CC2CC3CCC(C2)N3)CC1.Cl.Cl.